The van der Waals surface area contributed by atoms with E-state index in [1.807, 2.05) is 19.2 Å². The molecule has 4 rings (SSSR count). The molecule has 0 bridgehead atoms. The van der Waals surface area contributed by atoms with E-state index < -0.39 is 10.0 Å². The zero-order valence-electron chi connectivity index (χ0n) is 18.9. The van der Waals surface area contributed by atoms with Crippen LogP contribution in [0.5, 0.6) is 0 Å². The molecule has 2 aromatic carbocycles. The molecular weight excluding hydrogens is 458 g/mol. The van der Waals surface area contributed by atoms with Crippen molar-refractivity contribution >= 4 is 51.0 Å². The first kappa shape index (κ1) is 23.3. The maximum atomic E-state index is 11.5. The number of nitrogens with one attached hydrogen (secondary N) is 1. The zero-order chi connectivity index (χ0) is 23.6. The molecule has 1 atom stereocenters. The number of thioether (sulfide) groups is 1. The van der Waals surface area contributed by atoms with Crippen molar-refractivity contribution in [2.24, 2.45) is 10.1 Å². The van der Waals surface area contributed by atoms with Crippen LogP contribution in [0.15, 0.2) is 52.6 Å². The summed E-state index contributed by atoms with van der Waals surface area (Å²) in [7, 11) is 0.277. The molecule has 0 aromatic heterocycles. The van der Waals surface area contributed by atoms with E-state index >= 15 is 0 Å². The van der Waals surface area contributed by atoms with Crippen molar-refractivity contribution < 1.29 is 13.2 Å². The van der Waals surface area contributed by atoms with Gasteiger partial charge in [-0.1, -0.05) is 6.07 Å². The minimum atomic E-state index is -3.32. The molecule has 2 aliphatic rings. The molecule has 0 radical (unpaired) electrons. The fourth-order valence-corrected chi connectivity index (χ4v) is 5.58. The lowest BCUT2D eigenvalue weighted by atomic mass is 9.97. The summed E-state index contributed by atoms with van der Waals surface area (Å²) in [5.41, 5.74) is 5.84. The first-order valence-electron chi connectivity index (χ1n) is 10.6. The topological polar surface area (TPSA) is 94.4 Å². The molecular formula is C23H27N5O3S2. The van der Waals surface area contributed by atoms with Crippen molar-refractivity contribution in [1.82, 2.24) is 5.01 Å². The number of anilines is 2. The van der Waals surface area contributed by atoms with E-state index in [4.69, 9.17) is 0 Å². The summed E-state index contributed by atoms with van der Waals surface area (Å²) in [6, 6.07) is 13.7. The van der Waals surface area contributed by atoms with E-state index in [2.05, 4.69) is 37.9 Å². The fourth-order valence-electron chi connectivity index (χ4n) is 4.12. The number of likely N-dealkylation sites (N-methyl/N-ethyl adjacent to an activating group) is 1. The number of sulfonamides is 1. The van der Waals surface area contributed by atoms with E-state index in [0.717, 1.165) is 60.3 Å². The Labute approximate surface area is 198 Å². The number of amidine groups is 1. The normalized spacial score (nSPS) is 19.1. The number of aliphatic imine (C=N–C) groups is 1. The average Bonchev–Trinajstić information content (AvgIpc) is 2.79. The summed E-state index contributed by atoms with van der Waals surface area (Å²) in [6.07, 6.45) is 4.03. The van der Waals surface area contributed by atoms with E-state index in [0.29, 0.717) is 11.4 Å². The lowest BCUT2D eigenvalue weighted by Gasteiger charge is -2.33. The highest BCUT2D eigenvalue weighted by molar-refractivity contribution is 8.01. The van der Waals surface area contributed by atoms with E-state index in [1.165, 1.54) is 5.56 Å². The molecule has 0 aliphatic carbocycles. The summed E-state index contributed by atoms with van der Waals surface area (Å²) >= 11 is 1.58. The van der Waals surface area contributed by atoms with Gasteiger partial charge < -0.3 is 9.69 Å². The standard InChI is InChI=1S/C23H27N5O3S2/c1-24-23(16-6-9-19(10-7-16)26-33(3,30)31)28-12-4-5-18-13-17(8-11-21(18)28)20-15-32-22(14-29)27(2)25-20/h6-11,13-14,22,26H,4-5,12,15H2,1-3H3. The van der Waals surface area contributed by atoms with Crippen LogP contribution in [0.2, 0.25) is 0 Å². The highest BCUT2D eigenvalue weighted by atomic mass is 32.2. The Morgan fingerprint density at radius 2 is 2.00 bits per heavy atom. The van der Waals surface area contributed by atoms with Crippen molar-refractivity contribution in [2.75, 3.05) is 42.3 Å². The fraction of sp³-hybridized carbons (Fsp3) is 0.348. The Kier molecular flexibility index (Phi) is 6.76. The van der Waals surface area contributed by atoms with Gasteiger partial charge in [0.15, 0.2) is 6.29 Å². The zero-order valence-corrected chi connectivity index (χ0v) is 20.5. The van der Waals surface area contributed by atoms with Crippen LogP contribution >= 0.6 is 11.8 Å². The molecule has 1 unspecified atom stereocenters. The minimum Gasteiger partial charge on any atom is -0.326 e. The van der Waals surface area contributed by atoms with Crippen molar-refractivity contribution in [3.8, 4) is 0 Å². The molecule has 8 nitrogen and oxygen atoms in total. The second kappa shape index (κ2) is 9.56. The predicted octanol–water partition coefficient (Wildman–Crippen LogP) is 2.80. The molecule has 1 N–H and O–H groups in total. The van der Waals surface area contributed by atoms with Gasteiger partial charge in [0.25, 0.3) is 0 Å². The van der Waals surface area contributed by atoms with Gasteiger partial charge in [-0.2, -0.15) is 5.10 Å². The predicted molar refractivity (Wildman–Crippen MR) is 136 cm³/mol. The summed E-state index contributed by atoms with van der Waals surface area (Å²) in [4.78, 5) is 17.9. The van der Waals surface area contributed by atoms with E-state index in [-0.39, 0.29) is 5.37 Å². The highest BCUT2D eigenvalue weighted by Crippen LogP contribution is 2.31. The summed E-state index contributed by atoms with van der Waals surface area (Å²) in [5.74, 6) is 1.54. The number of nitrogens with zero attached hydrogens (tertiary/aromatic N) is 4. The third-order valence-corrected chi connectivity index (χ3v) is 7.40. The number of benzene rings is 2. The molecule has 2 aromatic rings. The van der Waals surface area contributed by atoms with Crippen LogP contribution < -0.4 is 9.62 Å². The number of aryl methyl sites for hydroxylation is 1. The first-order valence-corrected chi connectivity index (χ1v) is 13.6. The number of fused-ring (bicyclic) bond motifs is 1. The molecule has 174 valence electrons. The summed E-state index contributed by atoms with van der Waals surface area (Å²) < 4.78 is 25.5. The number of carbonyl (C=O) groups is 1. The average molecular weight is 486 g/mol. The Morgan fingerprint density at radius 3 is 2.64 bits per heavy atom. The van der Waals surface area contributed by atoms with Crippen LogP contribution in [0.25, 0.3) is 0 Å². The third-order valence-electron chi connectivity index (χ3n) is 5.60. The second-order valence-electron chi connectivity index (χ2n) is 8.06. The Balaban J connectivity index is 1.60. The van der Waals surface area contributed by atoms with Gasteiger partial charge in [-0.3, -0.25) is 14.7 Å². The van der Waals surface area contributed by atoms with Crippen molar-refractivity contribution in [3.63, 3.8) is 0 Å². The number of hydrazone groups is 1. The Morgan fingerprint density at radius 1 is 1.24 bits per heavy atom. The monoisotopic (exact) mass is 485 g/mol. The van der Waals surface area contributed by atoms with Crippen molar-refractivity contribution in [1.29, 1.82) is 0 Å². The maximum absolute atomic E-state index is 11.5. The van der Waals surface area contributed by atoms with Crippen molar-refractivity contribution in [3.05, 3.63) is 59.2 Å². The van der Waals surface area contributed by atoms with Gasteiger partial charge in [0, 0.05) is 43.3 Å². The largest absolute Gasteiger partial charge is 0.326 e. The number of hydrogen-bond donors (Lipinski definition) is 1. The quantitative estimate of drug-likeness (QED) is 0.398. The molecule has 2 aliphatic heterocycles. The number of rotatable bonds is 5. The van der Waals surface area contributed by atoms with Crippen LogP contribution in [0.1, 0.15) is 23.1 Å². The van der Waals surface area contributed by atoms with Gasteiger partial charge in [0.2, 0.25) is 10.0 Å². The SMILES string of the molecule is CN=C(c1ccc(NS(C)(=O)=O)cc1)N1CCCc2cc(C3=NN(C)C(C=O)SC3)ccc21. The maximum Gasteiger partial charge on any atom is 0.229 e. The molecule has 0 fully saturated rings. The van der Waals surface area contributed by atoms with Gasteiger partial charge in [-0.25, -0.2) is 8.42 Å². The molecule has 33 heavy (non-hydrogen) atoms. The van der Waals surface area contributed by atoms with Gasteiger partial charge in [-0.15, -0.1) is 11.8 Å². The van der Waals surface area contributed by atoms with Crippen LogP contribution in [0, 0.1) is 0 Å². The Bertz CT molecular complexity index is 1210. The second-order valence-corrected chi connectivity index (χ2v) is 10.9. The van der Waals surface area contributed by atoms with Gasteiger partial charge in [-0.05, 0) is 60.4 Å². The van der Waals surface area contributed by atoms with E-state index in [9.17, 15) is 13.2 Å². The van der Waals surface area contributed by atoms with Gasteiger partial charge in [0.1, 0.15) is 11.2 Å². The van der Waals surface area contributed by atoms with Crippen LogP contribution in [-0.4, -0.2) is 69.3 Å². The van der Waals surface area contributed by atoms with E-state index in [1.54, 1.807) is 36.0 Å². The van der Waals surface area contributed by atoms with Crippen LogP contribution in [0.4, 0.5) is 11.4 Å². The molecule has 0 spiro atoms. The lowest BCUT2D eigenvalue weighted by molar-refractivity contribution is -0.109. The van der Waals surface area contributed by atoms with Gasteiger partial charge >= 0.3 is 0 Å². The summed E-state index contributed by atoms with van der Waals surface area (Å²) in [6.45, 7) is 0.850. The highest BCUT2D eigenvalue weighted by Gasteiger charge is 2.25. The first-order chi connectivity index (χ1) is 15.8. The van der Waals surface area contributed by atoms with Crippen molar-refractivity contribution in [2.45, 2.75) is 18.2 Å². The molecule has 10 heteroatoms. The lowest BCUT2D eigenvalue weighted by Crippen LogP contribution is -2.36. The van der Waals surface area contributed by atoms with Crippen LogP contribution in [0.3, 0.4) is 0 Å². The molecule has 0 saturated carbocycles. The van der Waals surface area contributed by atoms with Gasteiger partial charge in [0.05, 0.1) is 12.0 Å². The minimum absolute atomic E-state index is 0.232. The third kappa shape index (κ3) is 5.22. The molecule has 2 heterocycles. The number of hydrogen-bond acceptors (Lipinski definition) is 7. The molecule has 0 amide bonds. The number of carbonyl (C=O) groups excluding carboxylic acids is 1. The van der Waals surface area contributed by atoms with Crippen LogP contribution in [-0.2, 0) is 21.2 Å². The molecule has 0 saturated heterocycles. The number of aldehydes is 1. The summed E-state index contributed by atoms with van der Waals surface area (Å²) in [5, 5.41) is 6.10. The smallest absolute Gasteiger partial charge is 0.229 e. The Hall–Kier alpha value is -2.85.